The second kappa shape index (κ2) is 5.58. The van der Waals surface area contributed by atoms with Crippen molar-refractivity contribution in [1.29, 1.82) is 0 Å². The zero-order chi connectivity index (χ0) is 14.9. The summed E-state index contributed by atoms with van der Waals surface area (Å²) in [5.41, 5.74) is 1.60. The predicted octanol–water partition coefficient (Wildman–Crippen LogP) is 2.39. The van der Waals surface area contributed by atoms with Crippen LogP contribution in [0.3, 0.4) is 0 Å². The van der Waals surface area contributed by atoms with Crippen LogP contribution < -0.4 is 0 Å². The highest BCUT2D eigenvalue weighted by atomic mass is 16.4. The van der Waals surface area contributed by atoms with E-state index in [1.807, 2.05) is 38.1 Å². The topological polar surface area (TPSA) is 62.4 Å². The Kier molecular flexibility index (Phi) is 3.78. The van der Waals surface area contributed by atoms with Crippen LogP contribution in [0.2, 0.25) is 0 Å². The molecule has 2 heterocycles. The number of nitrogens with zero attached hydrogens (tertiary/aromatic N) is 3. The normalized spacial score (nSPS) is 18.8. The predicted molar refractivity (Wildman–Crippen MR) is 79.6 cm³/mol. The second-order valence-electron chi connectivity index (χ2n) is 6.14. The lowest BCUT2D eigenvalue weighted by Gasteiger charge is -2.34. The summed E-state index contributed by atoms with van der Waals surface area (Å²) in [7, 11) is 0. The molecule has 1 aliphatic heterocycles. The van der Waals surface area contributed by atoms with Gasteiger partial charge in [0.2, 0.25) is 11.8 Å². The standard InChI is InChI=1S/C16H21N3O2/c1-12-4-3-5-13(10-12)15-18-17-14(21-15)11-19-8-6-16(2,20)7-9-19/h3-5,10,20H,6-9,11H2,1-2H3. The van der Waals surface area contributed by atoms with E-state index in [9.17, 15) is 5.11 Å². The van der Waals surface area contributed by atoms with E-state index in [1.54, 1.807) is 0 Å². The van der Waals surface area contributed by atoms with Crippen LogP contribution in [-0.4, -0.2) is 38.9 Å². The van der Waals surface area contributed by atoms with Crippen LogP contribution in [0.1, 0.15) is 31.2 Å². The van der Waals surface area contributed by atoms with Gasteiger partial charge in [0.15, 0.2) is 0 Å². The van der Waals surface area contributed by atoms with Gasteiger partial charge in [-0.1, -0.05) is 17.7 Å². The molecule has 0 radical (unpaired) electrons. The van der Waals surface area contributed by atoms with Crippen molar-refractivity contribution >= 4 is 0 Å². The summed E-state index contributed by atoms with van der Waals surface area (Å²) < 4.78 is 5.75. The van der Waals surface area contributed by atoms with Crippen LogP contribution >= 0.6 is 0 Å². The van der Waals surface area contributed by atoms with Crippen LogP contribution in [0, 0.1) is 6.92 Å². The highest BCUT2D eigenvalue weighted by Crippen LogP contribution is 2.23. The Morgan fingerprint density at radius 3 is 2.76 bits per heavy atom. The molecule has 1 saturated heterocycles. The first-order valence-electron chi connectivity index (χ1n) is 7.36. The number of aliphatic hydroxyl groups is 1. The Bertz CT molecular complexity index is 611. The number of piperidine rings is 1. The first-order chi connectivity index (χ1) is 10.0. The highest BCUT2D eigenvalue weighted by molar-refractivity contribution is 5.53. The van der Waals surface area contributed by atoms with Crippen molar-refractivity contribution in [2.45, 2.75) is 38.8 Å². The summed E-state index contributed by atoms with van der Waals surface area (Å²) in [6, 6.07) is 8.04. The van der Waals surface area contributed by atoms with Crippen LogP contribution in [0.4, 0.5) is 0 Å². The summed E-state index contributed by atoms with van der Waals surface area (Å²) in [4.78, 5) is 2.24. The van der Waals surface area contributed by atoms with E-state index in [0.717, 1.165) is 31.5 Å². The number of hydrogen-bond acceptors (Lipinski definition) is 5. The third-order valence-electron chi connectivity index (χ3n) is 4.02. The number of likely N-dealkylation sites (tertiary alicyclic amines) is 1. The van der Waals surface area contributed by atoms with E-state index in [0.29, 0.717) is 18.3 Å². The molecule has 112 valence electrons. The van der Waals surface area contributed by atoms with Gasteiger partial charge in [-0.3, -0.25) is 4.90 Å². The second-order valence-corrected chi connectivity index (χ2v) is 6.14. The van der Waals surface area contributed by atoms with E-state index in [4.69, 9.17) is 4.42 Å². The maximum Gasteiger partial charge on any atom is 0.247 e. The summed E-state index contributed by atoms with van der Waals surface area (Å²) >= 11 is 0. The van der Waals surface area contributed by atoms with Crippen molar-refractivity contribution in [3.63, 3.8) is 0 Å². The molecule has 0 amide bonds. The lowest BCUT2D eigenvalue weighted by atomic mass is 9.94. The molecule has 0 spiro atoms. The first-order valence-corrected chi connectivity index (χ1v) is 7.36. The van der Waals surface area contributed by atoms with Crippen molar-refractivity contribution in [2.24, 2.45) is 0 Å². The van der Waals surface area contributed by atoms with Crippen molar-refractivity contribution in [3.8, 4) is 11.5 Å². The van der Waals surface area contributed by atoms with Gasteiger partial charge in [0.05, 0.1) is 12.1 Å². The van der Waals surface area contributed by atoms with Crippen LogP contribution in [0.5, 0.6) is 0 Å². The first kappa shape index (κ1) is 14.2. The Morgan fingerprint density at radius 2 is 2.05 bits per heavy atom. The molecular weight excluding hydrogens is 266 g/mol. The Morgan fingerprint density at radius 1 is 1.29 bits per heavy atom. The van der Waals surface area contributed by atoms with Gasteiger partial charge < -0.3 is 9.52 Å². The molecule has 1 fully saturated rings. The van der Waals surface area contributed by atoms with E-state index >= 15 is 0 Å². The molecule has 1 aromatic carbocycles. The minimum absolute atomic E-state index is 0.530. The molecule has 0 unspecified atom stereocenters. The van der Waals surface area contributed by atoms with E-state index in [2.05, 4.69) is 15.1 Å². The Hall–Kier alpha value is -1.72. The summed E-state index contributed by atoms with van der Waals surface area (Å²) in [6.45, 7) is 6.30. The van der Waals surface area contributed by atoms with Gasteiger partial charge in [-0.05, 0) is 38.8 Å². The number of benzene rings is 1. The summed E-state index contributed by atoms with van der Waals surface area (Å²) in [5.74, 6) is 1.20. The van der Waals surface area contributed by atoms with Gasteiger partial charge in [0, 0.05) is 18.7 Å². The van der Waals surface area contributed by atoms with Gasteiger partial charge in [0.1, 0.15) is 0 Å². The van der Waals surface area contributed by atoms with Gasteiger partial charge in [-0.25, -0.2) is 0 Å². The average Bonchev–Trinajstić information content (AvgIpc) is 2.90. The molecule has 5 nitrogen and oxygen atoms in total. The average molecular weight is 287 g/mol. The van der Waals surface area contributed by atoms with Crippen LogP contribution in [0.25, 0.3) is 11.5 Å². The molecule has 2 aromatic rings. The molecule has 5 heteroatoms. The van der Waals surface area contributed by atoms with E-state index in [1.165, 1.54) is 5.56 Å². The number of aryl methyl sites for hydroxylation is 1. The Balaban J connectivity index is 1.66. The lowest BCUT2D eigenvalue weighted by molar-refractivity contribution is -0.00906. The minimum atomic E-state index is -0.530. The maximum atomic E-state index is 9.96. The zero-order valence-corrected chi connectivity index (χ0v) is 12.5. The fraction of sp³-hybridized carbons (Fsp3) is 0.500. The number of hydrogen-bond donors (Lipinski definition) is 1. The van der Waals surface area contributed by atoms with Crippen molar-refractivity contribution in [2.75, 3.05) is 13.1 Å². The molecule has 1 aliphatic rings. The van der Waals surface area contributed by atoms with Crippen molar-refractivity contribution in [1.82, 2.24) is 15.1 Å². The van der Waals surface area contributed by atoms with Crippen LogP contribution in [0.15, 0.2) is 28.7 Å². The van der Waals surface area contributed by atoms with E-state index in [-0.39, 0.29) is 0 Å². The molecule has 0 saturated carbocycles. The van der Waals surface area contributed by atoms with Crippen LogP contribution in [-0.2, 0) is 6.54 Å². The Labute approximate surface area is 124 Å². The summed E-state index contributed by atoms with van der Waals surface area (Å²) in [6.07, 6.45) is 1.57. The molecule has 3 rings (SSSR count). The number of rotatable bonds is 3. The van der Waals surface area contributed by atoms with Gasteiger partial charge >= 0.3 is 0 Å². The quantitative estimate of drug-likeness (QED) is 0.939. The monoisotopic (exact) mass is 287 g/mol. The molecule has 0 aliphatic carbocycles. The minimum Gasteiger partial charge on any atom is -0.419 e. The molecule has 1 N–H and O–H groups in total. The van der Waals surface area contributed by atoms with Gasteiger partial charge in [-0.15, -0.1) is 10.2 Å². The zero-order valence-electron chi connectivity index (χ0n) is 12.5. The number of aromatic nitrogens is 2. The molecule has 0 bridgehead atoms. The molecule has 1 aromatic heterocycles. The van der Waals surface area contributed by atoms with E-state index < -0.39 is 5.60 Å². The van der Waals surface area contributed by atoms with Gasteiger partial charge in [0.25, 0.3) is 0 Å². The lowest BCUT2D eigenvalue weighted by Crippen LogP contribution is -2.42. The largest absolute Gasteiger partial charge is 0.419 e. The SMILES string of the molecule is Cc1cccc(-c2nnc(CN3CCC(C)(O)CC3)o2)c1. The van der Waals surface area contributed by atoms with Crippen molar-refractivity contribution in [3.05, 3.63) is 35.7 Å². The molecular formula is C16H21N3O2. The van der Waals surface area contributed by atoms with Crippen molar-refractivity contribution < 1.29 is 9.52 Å². The third kappa shape index (κ3) is 3.49. The molecule has 21 heavy (non-hydrogen) atoms. The highest BCUT2D eigenvalue weighted by Gasteiger charge is 2.28. The third-order valence-corrected chi connectivity index (χ3v) is 4.02. The van der Waals surface area contributed by atoms with Gasteiger partial charge in [-0.2, -0.15) is 0 Å². The maximum absolute atomic E-state index is 9.96. The summed E-state index contributed by atoms with van der Waals surface area (Å²) in [5, 5.41) is 18.2. The smallest absolute Gasteiger partial charge is 0.247 e. The molecule has 0 atom stereocenters. The fourth-order valence-corrected chi connectivity index (χ4v) is 2.60. The fourth-order valence-electron chi connectivity index (χ4n) is 2.60.